The number of hydrogen-bond donors (Lipinski definition) is 0. The summed E-state index contributed by atoms with van der Waals surface area (Å²) >= 11 is 1.43. The highest BCUT2D eigenvalue weighted by molar-refractivity contribution is 7.99. The van der Waals surface area contributed by atoms with Crippen LogP contribution in [-0.2, 0) is 23.1 Å². The van der Waals surface area contributed by atoms with Crippen LogP contribution in [0.15, 0.2) is 11.2 Å². The van der Waals surface area contributed by atoms with Gasteiger partial charge in [0.25, 0.3) is 0 Å². The molecule has 0 aliphatic heterocycles. The Labute approximate surface area is 163 Å². The number of nitrogens with zero attached hydrogens (tertiary/aromatic N) is 4. The second kappa shape index (κ2) is 8.29. The van der Waals surface area contributed by atoms with E-state index in [1.165, 1.54) is 31.7 Å². The minimum absolute atomic E-state index is 0.0864. The third kappa shape index (κ3) is 4.43. The highest BCUT2D eigenvalue weighted by Crippen LogP contribution is 2.39. The summed E-state index contributed by atoms with van der Waals surface area (Å²) in [4.78, 5) is 24.0. The van der Waals surface area contributed by atoms with Gasteiger partial charge in [0.1, 0.15) is 5.82 Å². The quantitative estimate of drug-likeness (QED) is 0.372. The van der Waals surface area contributed by atoms with Crippen molar-refractivity contribution in [2.24, 2.45) is 7.05 Å². The summed E-state index contributed by atoms with van der Waals surface area (Å²) < 4.78 is 8.78. The third-order valence-corrected chi connectivity index (χ3v) is 6.03. The maximum atomic E-state index is 12.7. The molecule has 0 N–H and O–H groups in total. The van der Waals surface area contributed by atoms with Crippen LogP contribution in [0.3, 0.4) is 0 Å². The molecular weight excluding hydrogens is 364 g/mol. The first-order valence-corrected chi connectivity index (χ1v) is 10.2. The first-order valence-electron chi connectivity index (χ1n) is 9.21. The Morgan fingerprint density at radius 2 is 2.04 bits per heavy atom. The number of methoxy groups -OCH3 is 1. The van der Waals surface area contributed by atoms with Crippen molar-refractivity contribution in [3.05, 3.63) is 28.8 Å². The Balaban J connectivity index is 1.61. The van der Waals surface area contributed by atoms with Gasteiger partial charge < -0.3 is 13.9 Å². The lowest BCUT2D eigenvalue weighted by Crippen LogP contribution is -2.09. The van der Waals surface area contributed by atoms with Crippen LogP contribution in [0.25, 0.3) is 0 Å². The van der Waals surface area contributed by atoms with E-state index in [1.54, 1.807) is 0 Å². The second-order valence-corrected chi connectivity index (χ2v) is 7.94. The number of ketones is 1. The number of esters is 1. The fraction of sp³-hybridized carbons (Fsp3) is 0.579. The lowest BCUT2D eigenvalue weighted by Gasteiger charge is -2.09. The molecule has 7 nitrogen and oxygen atoms in total. The average molecular weight is 391 g/mol. The van der Waals surface area contributed by atoms with Crippen LogP contribution in [0.4, 0.5) is 0 Å². The van der Waals surface area contributed by atoms with E-state index in [2.05, 4.69) is 19.5 Å². The molecule has 0 radical (unpaired) electrons. The molecule has 2 heterocycles. The highest BCUT2D eigenvalue weighted by atomic mass is 32.2. The van der Waals surface area contributed by atoms with Gasteiger partial charge in [0, 0.05) is 42.9 Å². The van der Waals surface area contributed by atoms with Gasteiger partial charge in [-0.1, -0.05) is 11.8 Å². The SMILES string of the molecule is COC(=O)CCCn1c(C)cc(C(=O)CSc2nnc(C3CC3)n2C)c1C. The highest BCUT2D eigenvalue weighted by Gasteiger charge is 2.29. The molecule has 27 heavy (non-hydrogen) atoms. The van der Waals surface area contributed by atoms with Crippen molar-refractivity contribution in [1.82, 2.24) is 19.3 Å². The standard InChI is InChI=1S/C19H26N4O3S/c1-12-10-15(13(2)23(12)9-5-6-17(25)26-4)16(24)11-27-19-21-20-18(22(19)3)14-7-8-14/h10,14H,5-9,11H2,1-4H3. The second-order valence-electron chi connectivity index (χ2n) is 7.00. The van der Waals surface area contributed by atoms with Crippen molar-refractivity contribution in [2.45, 2.75) is 57.1 Å². The van der Waals surface area contributed by atoms with E-state index < -0.39 is 0 Å². The van der Waals surface area contributed by atoms with Gasteiger partial charge in [-0.05, 0) is 39.2 Å². The van der Waals surface area contributed by atoms with E-state index in [0.717, 1.165) is 27.9 Å². The minimum Gasteiger partial charge on any atom is -0.469 e. The number of thioether (sulfide) groups is 1. The predicted molar refractivity (Wildman–Crippen MR) is 103 cm³/mol. The van der Waals surface area contributed by atoms with Gasteiger partial charge in [-0.3, -0.25) is 9.59 Å². The molecule has 3 rings (SSSR count). The van der Waals surface area contributed by atoms with Crippen LogP contribution >= 0.6 is 11.8 Å². The number of carbonyl (C=O) groups is 2. The molecule has 1 aliphatic carbocycles. The van der Waals surface area contributed by atoms with Crippen molar-refractivity contribution in [3.8, 4) is 0 Å². The molecule has 0 amide bonds. The zero-order valence-electron chi connectivity index (χ0n) is 16.3. The molecule has 0 spiro atoms. The Hall–Kier alpha value is -2.09. The first-order chi connectivity index (χ1) is 12.9. The van der Waals surface area contributed by atoms with E-state index in [0.29, 0.717) is 31.1 Å². The molecule has 0 unspecified atom stereocenters. The fourth-order valence-electron chi connectivity index (χ4n) is 3.27. The van der Waals surface area contributed by atoms with E-state index in [4.69, 9.17) is 0 Å². The smallest absolute Gasteiger partial charge is 0.305 e. The monoisotopic (exact) mass is 390 g/mol. The molecule has 0 bridgehead atoms. The van der Waals surface area contributed by atoms with Crippen molar-refractivity contribution >= 4 is 23.5 Å². The average Bonchev–Trinajstić information content (AvgIpc) is 3.37. The molecule has 146 valence electrons. The number of Topliss-reactive ketones (excluding diaryl/α,β-unsaturated/α-hetero) is 1. The van der Waals surface area contributed by atoms with Crippen molar-refractivity contribution < 1.29 is 14.3 Å². The molecule has 1 fully saturated rings. The van der Waals surface area contributed by atoms with E-state index in [1.807, 2.05) is 31.5 Å². The van der Waals surface area contributed by atoms with Gasteiger partial charge in [0.2, 0.25) is 0 Å². The van der Waals surface area contributed by atoms with Crippen LogP contribution in [0.2, 0.25) is 0 Å². The molecule has 0 aromatic carbocycles. The number of hydrogen-bond acceptors (Lipinski definition) is 6. The largest absolute Gasteiger partial charge is 0.469 e. The number of aryl methyl sites for hydroxylation is 1. The molecule has 1 saturated carbocycles. The molecule has 8 heteroatoms. The topological polar surface area (TPSA) is 79.0 Å². The van der Waals surface area contributed by atoms with Gasteiger partial charge in [-0.25, -0.2) is 0 Å². The summed E-state index contributed by atoms with van der Waals surface area (Å²) in [5.41, 5.74) is 2.71. The van der Waals surface area contributed by atoms with Gasteiger partial charge in [0.05, 0.1) is 12.9 Å². The van der Waals surface area contributed by atoms with Crippen LogP contribution in [0.5, 0.6) is 0 Å². The number of carbonyl (C=O) groups excluding carboxylic acids is 2. The zero-order valence-corrected chi connectivity index (χ0v) is 17.1. The predicted octanol–water partition coefficient (Wildman–Crippen LogP) is 3.04. The van der Waals surface area contributed by atoms with Crippen molar-refractivity contribution in [1.29, 1.82) is 0 Å². The number of ether oxygens (including phenoxy) is 1. The Morgan fingerprint density at radius 1 is 1.30 bits per heavy atom. The Bertz CT molecular complexity index is 852. The molecule has 0 atom stereocenters. The molecule has 0 saturated heterocycles. The molecule has 2 aromatic rings. The van der Waals surface area contributed by atoms with Gasteiger partial charge in [0.15, 0.2) is 10.9 Å². The number of rotatable bonds is 9. The summed E-state index contributed by atoms with van der Waals surface area (Å²) in [7, 11) is 3.36. The van der Waals surface area contributed by atoms with Gasteiger partial charge in [-0.15, -0.1) is 10.2 Å². The van der Waals surface area contributed by atoms with Crippen molar-refractivity contribution in [2.75, 3.05) is 12.9 Å². The molecular formula is C19H26N4O3S. The fourth-order valence-corrected chi connectivity index (χ4v) is 4.07. The lowest BCUT2D eigenvalue weighted by atomic mass is 10.2. The van der Waals surface area contributed by atoms with E-state index in [9.17, 15) is 9.59 Å². The van der Waals surface area contributed by atoms with E-state index in [-0.39, 0.29) is 11.8 Å². The van der Waals surface area contributed by atoms with Crippen LogP contribution in [0, 0.1) is 13.8 Å². The minimum atomic E-state index is -0.209. The molecule has 1 aliphatic rings. The van der Waals surface area contributed by atoms with E-state index >= 15 is 0 Å². The summed E-state index contributed by atoms with van der Waals surface area (Å²) in [6.07, 6.45) is 3.42. The number of aromatic nitrogens is 4. The summed E-state index contributed by atoms with van der Waals surface area (Å²) in [6.45, 7) is 4.64. The maximum absolute atomic E-state index is 12.7. The van der Waals surface area contributed by atoms with Gasteiger partial charge in [-0.2, -0.15) is 0 Å². The summed E-state index contributed by atoms with van der Waals surface area (Å²) in [5, 5.41) is 9.27. The Morgan fingerprint density at radius 3 is 2.70 bits per heavy atom. The van der Waals surface area contributed by atoms with Crippen LogP contribution in [-0.4, -0.2) is 43.9 Å². The Kier molecular flexibility index (Phi) is 6.04. The van der Waals surface area contributed by atoms with Gasteiger partial charge >= 0.3 is 5.97 Å². The summed E-state index contributed by atoms with van der Waals surface area (Å²) in [5.74, 6) is 1.77. The third-order valence-electron chi connectivity index (χ3n) is 5.01. The lowest BCUT2D eigenvalue weighted by molar-refractivity contribution is -0.140. The normalized spacial score (nSPS) is 13.8. The van der Waals surface area contributed by atoms with Crippen LogP contribution < -0.4 is 0 Å². The van der Waals surface area contributed by atoms with Crippen LogP contribution in [0.1, 0.15) is 59.2 Å². The molecule has 2 aromatic heterocycles. The summed E-state index contributed by atoms with van der Waals surface area (Å²) in [6, 6.07) is 1.93. The van der Waals surface area contributed by atoms with Crippen molar-refractivity contribution in [3.63, 3.8) is 0 Å². The first kappa shape index (κ1) is 19.7. The maximum Gasteiger partial charge on any atom is 0.305 e. The zero-order chi connectivity index (χ0) is 19.6.